The number of aromatic amines is 1. The van der Waals surface area contributed by atoms with Crippen molar-refractivity contribution in [3.63, 3.8) is 0 Å². The van der Waals surface area contributed by atoms with Gasteiger partial charge in [-0.15, -0.1) is 0 Å². The predicted octanol–water partition coefficient (Wildman–Crippen LogP) is 2.99. The van der Waals surface area contributed by atoms with E-state index in [1.54, 1.807) is 24.4 Å². The number of carbonyl (C=O) groups excluding carboxylic acids is 2. The van der Waals surface area contributed by atoms with Crippen LogP contribution in [0.25, 0.3) is 11.3 Å². The molecule has 2 aromatic carbocycles. The molecule has 0 spiro atoms. The maximum Gasteiger partial charge on any atom is 0.221 e. The summed E-state index contributed by atoms with van der Waals surface area (Å²) in [5.74, 6) is -2.82. The summed E-state index contributed by atoms with van der Waals surface area (Å²) in [6.07, 6.45) is 1.74. The third-order valence-corrected chi connectivity index (χ3v) is 3.82. The van der Waals surface area contributed by atoms with E-state index in [0.717, 1.165) is 23.4 Å². The highest BCUT2D eigenvalue weighted by molar-refractivity contribution is 6.14. The van der Waals surface area contributed by atoms with Crippen molar-refractivity contribution in [3.8, 4) is 28.5 Å². The van der Waals surface area contributed by atoms with Crippen LogP contribution in [0, 0.1) is 0 Å². The van der Waals surface area contributed by atoms with Crippen LogP contribution in [0.1, 0.15) is 22.8 Å². The topological polar surface area (TPSA) is 123 Å². The fourth-order valence-corrected chi connectivity index (χ4v) is 2.60. The lowest BCUT2D eigenvalue weighted by Crippen LogP contribution is -2.12. The van der Waals surface area contributed by atoms with Crippen LogP contribution in [0.5, 0.6) is 17.2 Å². The molecule has 0 fully saturated rings. The van der Waals surface area contributed by atoms with Crippen molar-refractivity contribution >= 4 is 17.4 Å². The molecule has 0 saturated heterocycles. The van der Waals surface area contributed by atoms with Crippen LogP contribution in [-0.4, -0.2) is 32.0 Å². The standard InChI is InChI=1S/C19H16N2O5/c1-10(22)21-15-5-4-11(14-3-2-6-20-14)7-13(15)18(25)12-8-16(23)19(26)17(24)9-12/h2-9,20,23-24,26H,1H3,(H,21,22). The molecule has 5 N–H and O–H groups in total. The maximum absolute atomic E-state index is 12.9. The molecule has 0 aliphatic heterocycles. The quantitative estimate of drug-likeness (QED) is 0.365. The molecular formula is C19H16N2O5. The molecule has 26 heavy (non-hydrogen) atoms. The van der Waals surface area contributed by atoms with E-state index in [1.165, 1.54) is 6.92 Å². The number of carbonyl (C=O) groups is 2. The zero-order valence-corrected chi connectivity index (χ0v) is 13.8. The van der Waals surface area contributed by atoms with Crippen molar-refractivity contribution in [1.29, 1.82) is 0 Å². The van der Waals surface area contributed by atoms with Gasteiger partial charge < -0.3 is 25.6 Å². The van der Waals surface area contributed by atoms with Gasteiger partial charge >= 0.3 is 0 Å². The van der Waals surface area contributed by atoms with Crippen molar-refractivity contribution in [2.45, 2.75) is 6.92 Å². The first-order valence-corrected chi connectivity index (χ1v) is 7.72. The van der Waals surface area contributed by atoms with Crippen molar-refractivity contribution in [3.05, 3.63) is 59.8 Å². The second-order valence-electron chi connectivity index (χ2n) is 5.72. The number of aromatic nitrogens is 1. The average molecular weight is 352 g/mol. The number of phenolic OH excluding ortho intramolecular Hbond substituents is 3. The first-order valence-electron chi connectivity index (χ1n) is 7.72. The lowest BCUT2D eigenvalue weighted by Gasteiger charge is -2.12. The van der Waals surface area contributed by atoms with Gasteiger partial charge in [0.1, 0.15) is 0 Å². The van der Waals surface area contributed by atoms with Crippen molar-refractivity contribution in [1.82, 2.24) is 4.98 Å². The van der Waals surface area contributed by atoms with Crippen LogP contribution < -0.4 is 5.32 Å². The molecule has 0 bridgehead atoms. The Hall–Kier alpha value is -3.74. The van der Waals surface area contributed by atoms with Gasteiger partial charge in [-0.25, -0.2) is 0 Å². The summed E-state index contributed by atoms with van der Waals surface area (Å²) in [5, 5.41) is 31.4. The van der Waals surface area contributed by atoms with E-state index in [9.17, 15) is 24.9 Å². The van der Waals surface area contributed by atoms with E-state index < -0.39 is 23.0 Å². The largest absolute Gasteiger partial charge is 0.504 e. The van der Waals surface area contributed by atoms with Crippen LogP contribution in [0.15, 0.2) is 48.7 Å². The number of ketones is 1. The van der Waals surface area contributed by atoms with Gasteiger partial charge in [0, 0.05) is 29.9 Å². The van der Waals surface area contributed by atoms with Crippen LogP contribution >= 0.6 is 0 Å². The minimum absolute atomic E-state index is 0.0342. The second kappa shape index (κ2) is 6.64. The molecule has 0 saturated carbocycles. The Morgan fingerprint density at radius 3 is 2.27 bits per heavy atom. The fourth-order valence-electron chi connectivity index (χ4n) is 2.60. The van der Waals surface area contributed by atoms with E-state index in [2.05, 4.69) is 10.3 Å². The summed E-state index contributed by atoms with van der Waals surface area (Å²) in [5.41, 5.74) is 1.94. The van der Waals surface area contributed by atoms with Crippen LogP contribution in [0.2, 0.25) is 0 Å². The van der Waals surface area contributed by atoms with Gasteiger partial charge in [0.2, 0.25) is 5.91 Å². The lowest BCUT2D eigenvalue weighted by molar-refractivity contribution is -0.114. The molecular weight excluding hydrogens is 336 g/mol. The molecule has 0 atom stereocenters. The third-order valence-electron chi connectivity index (χ3n) is 3.82. The molecule has 0 unspecified atom stereocenters. The molecule has 1 amide bonds. The van der Waals surface area contributed by atoms with Crippen molar-refractivity contribution in [2.75, 3.05) is 5.32 Å². The number of aromatic hydroxyl groups is 3. The van der Waals surface area contributed by atoms with Gasteiger partial charge in [-0.05, 0) is 42.0 Å². The van der Waals surface area contributed by atoms with E-state index in [1.807, 2.05) is 12.1 Å². The van der Waals surface area contributed by atoms with Gasteiger partial charge in [0.15, 0.2) is 23.0 Å². The molecule has 0 aliphatic carbocycles. The average Bonchev–Trinajstić information content (AvgIpc) is 3.13. The number of hydrogen-bond acceptors (Lipinski definition) is 5. The van der Waals surface area contributed by atoms with Crippen molar-refractivity contribution < 1.29 is 24.9 Å². The van der Waals surface area contributed by atoms with Crippen LogP contribution in [-0.2, 0) is 4.79 Å². The number of hydrogen-bond donors (Lipinski definition) is 5. The monoisotopic (exact) mass is 352 g/mol. The minimum atomic E-state index is -0.705. The maximum atomic E-state index is 12.9. The van der Waals surface area contributed by atoms with Crippen LogP contribution in [0.3, 0.4) is 0 Å². The van der Waals surface area contributed by atoms with Gasteiger partial charge in [-0.1, -0.05) is 6.07 Å². The second-order valence-corrected chi connectivity index (χ2v) is 5.72. The number of rotatable bonds is 4. The minimum Gasteiger partial charge on any atom is -0.504 e. The highest BCUT2D eigenvalue weighted by Gasteiger charge is 2.19. The number of benzene rings is 2. The van der Waals surface area contributed by atoms with Gasteiger partial charge in [0.25, 0.3) is 0 Å². The Kier molecular flexibility index (Phi) is 4.36. The normalized spacial score (nSPS) is 10.5. The first kappa shape index (κ1) is 17.1. The van der Waals surface area contributed by atoms with E-state index in [-0.39, 0.29) is 17.0 Å². The predicted molar refractivity (Wildman–Crippen MR) is 95.4 cm³/mol. The van der Waals surface area contributed by atoms with Gasteiger partial charge in [-0.2, -0.15) is 0 Å². The molecule has 0 radical (unpaired) electrons. The Balaban J connectivity index is 2.12. The number of nitrogens with one attached hydrogen (secondary N) is 2. The molecule has 7 nitrogen and oxygen atoms in total. The Morgan fingerprint density at radius 2 is 1.69 bits per heavy atom. The Bertz CT molecular complexity index is 970. The summed E-state index contributed by atoms with van der Waals surface area (Å²) in [7, 11) is 0. The molecule has 132 valence electrons. The molecule has 1 aromatic heterocycles. The fraction of sp³-hybridized carbons (Fsp3) is 0.0526. The summed E-state index contributed by atoms with van der Waals surface area (Å²) in [6.45, 7) is 1.32. The SMILES string of the molecule is CC(=O)Nc1ccc(-c2ccc[nH]2)cc1C(=O)c1cc(O)c(O)c(O)c1. The zero-order chi connectivity index (χ0) is 18.8. The molecule has 0 aliphatic rings. The van der Waals surface area contributed by atoms with Gasteiger partial charge in [-0.3, -0.25) is 9.59 Å². The summed E-state index contributed by atoms with van der Waals surface area (Å²) in [4.78, 5) is 27.4. The lowest BCUT2D eigenvalue weighted by atomic mass is 9.97. The van der Waals surface area contributed by atoms with Crippen molar-refractivity contribution in [2.24, 2.45) is 0 Å². The van der Waals surface area contributed by atoms with Gasteiger partial charge in [0.05, 0.1) is 5.69 Å². The molecule has 7 heteroatoms. The summed E-state index contributed by atoms with van der Waals surface area (Å²) < 4.78 is 0. The molecule has 3 rings (SSSR count). The highest BCUT2D eigenvalue weighted by Crippen LogP contribution is 2.37. The number of phenols is 3. The molecule has 1 heterocycles. The van der Waals surface area contributed by atoms with Crippen LogP contribution in [0.4, 0.5) is 5.69 Å². The third kappa shape index (κ3) is 3.23. The highest BCUT2D eigenvalue weighted by atomic mass is 16.3. The molecule has 3 aromatic rings. The van der Waals surface area contributed by atoms with E-state index >= 15 is 0 Å². The number of anilines is 1. The van der Waals surface area contributed by atoms with E-state index in [4.69, 9.17) is 0 Å². The Labute approximate surface area is 148 Å². The Morgan fingerprint density at radius 1 is 1.00 bits per heavy atom. The zero-order valence-electron chi connectivity index (χ0n) is 13.8. The first-order chi connectivity index (χ1) is 12.4. The summed E-state index contributed by atoms with van der Waals surface area (Å²) >= 11 is 0. The number of amides is 1. The van der Waals surface area contributed by atoms with E-state index in [0.29, 0.717) is 5.69 Å². The number of H-pyrrole nitrogens is 1. The smallest absolute Gasteiger partial charge is 0.221 e. The summed E-state index contributed by atoms with van der Waals surface area (Å²) in [6, 6.07) is 10.7.